The lowest BCUT2D eigenvalue weighted by atomic mass is 9.94. The van der Waals surface area contributed by atoms with Gasteiger partial charge in [0.05, 0.1) is 12.7 Å². The second-order valence-electron chi connectivity index (χ2n) is 3.43. The van der Waals surface area contributed by atoms with E-state index in [1.54, 1.807) is 0 Å². The minimum absolute atomic E-state index is 0.0683. The molecule has 0 radical (unpaired) electrons. The van der Waals surface area contributed by atoms with Crippen LogP contribution in [0.15, 0.2) is 0 Å². The second-order valence-corrected chi connectivity index (χ2v) is 3.43. The fourth-order valence-corrected chi connectivity index (χ4v) is 1.72. The van der Waals surface area contributed by atoms with Crippen molar-refractivity contribution in [2.75, 3.05) is 13.2 Å². The van der Waals surface area contributed by atoms with Gasteiger partial charge >= 0.3 is 0 Å². The minimum Gasteiger partial charge on any atom is -0.393 e. The largest absolute Gasteiger partial charge is 0.393 e. The van der Waals surface area contributed by atoms with E-state index in [1.807, 2.05) is 0 Å². The van der Waals surface area contributed by atoms with Gasteiger partial charge in [-0.1, -0.05) is 0 Å². The van der Waals surface area contributed by atoms with Gasteiger partial charge in [-0.05, 0) is 25.2 Å². The van der Waals surface area contributed by atoms with Crippen LogP contribution in [0.3, 0.4) is 0 Å². The van der Waals surface area contributed by atoms with E-state index in [0.717, 1.165) is 25.6 Å². The molecular formula is C8H14O2. The molecule has 1 saturated carbocycles. The molecule has 0 aromatic rings. The van der Waals surface area contributed by atoms with Crippen LogP contribution >= 0.6 is 0 Å². The molecule has 2 aliphatic rings. The van der Waals surface area contributed by atoms with Gasteiger partial charge in [0.25, 0.3) is 0 Å². The van der Waals surface area contributed by atoms with Crippen LogP contribution in [0.5, 0.6) is 0 Å². The minimum atomic E-state index is -0.0683. The van der Waals surface area contributed by atoms with Crippen LogP contribution in [0.4, 0.5) is 0 Å². The first-order valence-corrected chi connectivity index (χ1v) is 4.14. The summed E-state index contributed by atoms with van der Waals surface area (Å²) >= 11 is 0. The van der Waals surface area contributed by atoms with Crippen molar-refractivity contribution in [3.8, 4) is 0 Å². The van der Waals surface area contributed by atoms with Gasteiger partial charge in [0.15, 0.2) is 0 Å². The monoisotopic (exact) mass is 142 g/mol. The lowest BCUT2D eigenvalue weighted by molar-refractivity contribution is -0.0434. The van der Waals surface area contributed by atoms with Gasteiger partial charge in [0, 0.05) is 12.5 Å². The predicted molar refractivity (Wildman–Crippen MR) is 37.7 cm³/mol. The van der Waals surface area contributed by atoms with E-state index in [0.29, 0.717) is 5.92 Å². The maximum absolute atomic E-state index is 9.50. The summed E-state index contributed by atoms with van der Waals surface area (Å²) in [4.78, 5) is 0. The van der Waals surface area contributed by atoms with Crippen molar-refractivity contribution < 1.29 is 9.84 Å². The highest BCUT2D eigenvalue weighted by Gasteiger charge is 2.37. The molecule has 0 amide bonds. The number of rotatable bonds is 1. The molecule has 1 aliphatic heterocycles. The normalized spacial score (nSPS) is 41.7. The van der Waals surface area contributed by atoms with Crippen LogP contribution in [0.25, 0.3) is 0 Å². The fourth-order valence-electron chi connectivity index (χ4n) is 1.72. The topological polar surface area (TPSA) is 29.5 Å². The summed E-state index contributed by atoms with van der Waals surface area (Å²) in [6.45, 7) is 1.55. The van der Waals surface area contributed by atoms with Crippen molar-refractivity contribution in [3.05, 3.63) is 0 Å². The summed E-state index contributed by atoms with van der Waals surface area (Å²) in [7, 11) is 0. The van der Waals surface area contributed by atoms with Crippen LogP contribution in [-0.4, -0.2) is 24.4 Å². The number of aliphatic hydroxyl groups is 1. The quantitative estimate of drug-likeness (QED) is 0.586. The summed E-state index contributed by atoms with van der Waals surface area (Å²) in [6, 6.07) is 0. The molecule has 2 fully saturated rings. The Kier molecular flexibility index (Phi) is 1.66. The summed E-state index contributed by atoms with van der Waals surface area (Å²) in [6.07, 6.45) is 3.40. The van der Waals surface area contributed by atoms with Gasteiger partial charge in [0.2, 0.25) is 0 Å². The predicted octanol–water partition coefficient (Wildman–Crippen LogP) is 0.794. The van der Waals surface area contributed by atoms with Crippen molar-refractivity contribution in [3.63, 3.8) is 0 Å². The van der Waals surface area contributed by atoms with Crippen molar-refractivity contribution in [2.24, 2.45) is 11.8 Å². The summed E-state index contributed by atoms with van der Waals surface area (Å²) in [5.41, 5.74) is 0. The first kappa shape index (κ1) is 6.62. The SMILES string of the molecule is OC1CCOCC1C1CC1. The van der Waals surface area contributed by atoms with E-state index in [-0.39, 0.29) is 6.10 Å². The van der Waals surface area contributed by atoms with Crippen LogP contribution in [0.2, 0.25) is 0 Å². The molecule has 0 aromatic heterocycles. The first-order chi connectivity index (χ1) is 4.88. The zero-order chi connectivity index (χ0) is 6.97. The summed E-state index contributed by atoms with van der Waals surface area (Å²) in [5.74, 6) is 1.25. The second kappa shape index (κ2) is 2.51. The lowest BCUT2D eigenvalue weighted by Crippen LogP contribution is -2.33. The van der Waals surface area contributed by atoms with Crippen molar-refractivity contribution in [2.45, 2.75) is 25.4 Å². The molecule has 1 heterocycles. The third kappa shape index (κ3) is 1.18. The Hall–Kier alpha value is -0.0800. The first-order valence-electron chi connectivity index (χ1n) is 4.14. The highest BCUT2D eigenvalue weighted by Crippen LogP contribution is 2.40. The van der Waals surface area contributed by atoms with Crippen molar-refractivity contribution in [1.82, 2.24) is 0 Å². The molecule has 2 unspecified atom stereocenters. The van der Waals surface area contributed by atoms with E-state index in [1.165, 1.54) is 12.8 Å². The van der Waals surface area contributed by atoms with Crippen molar-refractivity contribution in [1.29, 1.82) is 0 Å². The van der Waals surface area contributed by atoms with E-state index in [4.69, 9.17) is 4.74 Å². The molecule has 10 heavy (non-hydrogen) atoms. The van der Waals surface area contributed by atoms with Crippen molar-refractivity contribution >= 4 is 0 Å². The van der Waals surface area contributed by atoms with Crippen LogP contribution < -0.4 is 0 Å². The number of hydrogen-bond donors (Lipinski definition) is 1. The molecule has 58 valence electrons. The Morgan fingerprint density at radius 2 is 2.00 bits per heavy atom. The maximum Gasteiger partial charge on any atom is 0.0615 e. The molecule has 0 spiro atoms. The van der Waals surface area contributed by atoms with Gasteiger partial charge in [-0.2, -0.15) is 0 Å². The Morgan fingerprint density at radius 3 is 2.60 bits per heavy atom. The average molecular weight is 142 g/mol. The van der Waals surface area contributed by atoms with Gasteiger partial charge < -0.3 is 9.84 Å². The molecule has 2 nitrogen and oxygen atoms in total. The molecule has 0 bridgehead atoms. The Labute approximate surface area is 61.2 Å². The van der Waals surface area contributed by atoms with E-state index < -0.39 is 0 Å². The average Bonchev–Trinajstić information content (AvgIpc) is 2.71. The molecule has 1 saturated heterocycles. The van der Waals surface area contributed by atoms with Crippen LogP contribution in [0.1, 0.15) is 19.3 Å². The maximum atomic E-state index is 9.50. The molecular weight excluding hydrogens is 128 g/mol. The zero-order valence-electron chi connectivity index (χ0n) is 6.12. The van der Waals surface area contributed by atoms with E-state index in [2.05, 4.69) is 0 Å². The molecule has 1 aliphatic carbocycles. The zero-order valence-corrected chi connectivity index (χ0v) is 6.12. The smallest absolute Gasteiger partial charge is 0.0615 e. The van der Waals surface area contributed by atoms with Crippen LogP contribution in [0, 0.1) is 11.8 Å². The Balaban J connectivity index is 1.90. The van der Waals surface area contributed by atoms with Gasteiger partial charge in [-0.15, -0.1) is 0 Å². The number of aliphatic hydroxyl groups excluding tert-OH is 1. The Morgan fingerprint density at radius 1 is 1.20 bits per heavy atom. The van der Waals surface area contributed by atoms with Gasteiger partial charge in [-0.3, -0.25) is 0 Å². The lowest BCUT2D eigenvalue weighted by Gasteiger charge is -2.27. The van der Waals surface area contributed by atoms with E-state index in [9.17, 15) is 5.11 Å². The highest BCUT2D eigenvalue weighted by molar-refractivity contribution is 4.87. The van der Waals surface area contributed by atoms with Crippen LogP contribution in [-0.2, 0) is 4.74 Å². The number of ether oxygens (including phenoxy) is 1. The standard InChI is InChI=1S/C8H14O2/c9-8-3-4-10-5-7(8)6-1-2-6/h6-9H,1-5H2. The molecule has 1 N–H and O–H groups in total. The summed E-state index contributed by atoms with van der Waals surface area (Å²) < 4.78 is 5.29. The molecule has 0 aromatic carbocycles. The van der Waals surface area contributed by atoms with E-state index >= 15 is 0 Å². The third-order valence-corrected chi connectivity index (χ3v) is 2.59. The van der Waals surface area contributed by atoms with Gasteiger partial charge in [0.1, 0.15) is 0 Å². The molecule has 2 atom stereocenters. The Bertz CT molecular complexity index is 120. The molecule has 2 rings (SSSR count). The molecule has 2 heteroatoms. The summed E-state index contributed by atoms with van der Waals surface area (Å²) in [5, 5.41) is 9.50. The number of hydrogen-bond acceptors (Lipinski definition) is 2. The highest BCUT2D eigenvalue weighted by atomic mass is 16.5. The third-order valence-electron chi connectivity index (χ3n) is 2.59. The fraction of sp³-hybridized carbons (Fsp3) is 1.00. The van der Waals surface area contributed by atoms with Gasteiger partial charge in [-0.25, -0.2) is 0 Å².